The molecular formula is C33H50N4O8Si. The maximum atomic E-state index is 14.6. The topological polar surface area (TPSA) is 158 Å². The van der Waals surface area contributed by atoms with Gasteiger partial charge >= 0.3 is 5.97 Å². The Hall–Kier alpha value is -2.84. The van der Waals surface area contributed by atoms with Gasteiger partial charge in [0, 0.05) is 48.8 Å². The van der Waals surface area contributed by atoms with Crippen LogP contribution in [0.1, 0.15) is 63.9 Å². The SMILES string of the molecule is COC(=O)CCCCN1C(=O)[C@@]2(O[C@@H](CC(=O)N3CCC[C@H]3CO)[C@H]([Si](C)(C)O)[C@H]2C)c2cc(NC(=O)C3CCCNC3)ccc21. The molecular weight excluding hydrogens is 608 g/mol. The molecule has 0 aromatic heterocycles. The van der Waals surface area contributed by atoms with Gasteiger partial charge in [-0.2, -0.15) is 0 Å². The zero-order valence-electron chi connectivity index (χ0n) is 27.5. The van der Waals surface area contributed by atoms with Crippen molar-refractivity contribution >= 4 is 43.4 Å². The van der Waals surface area contributed by atoms with Gasteiger partial charge < -0.3 is 39.8 Å². The molecule has 5 rings (SSSR count). The number of aliphatic hydroxyl groups is 1. The van der Waals surface area contributed by atoms with E-state index in [0.29, 0.717) is 49.4 Å². The lowest BCUT2D eigenvalue weighted by Crippen LogP contribution is -2.46. The number of hydrogen-bond acceptors (Lipinski definition) is 9. The van der Waals surface area contributed by atoms with Gasteiger partial charge in [0.1, 0.15) is 0 Å². The van der Waals surface area contributed by atoms with Crippen LogP contribution in [0.25, 0.3) is 0 Å². The number of nitrogens with zero attached hydrogens (tertiary/aromatic N) is 2. The van der Waals surface area contributed by atoms with Crippen LogP contribution in [0.4, 0.5) is 11.4 Å². The minimum Gasteiger partial charge on any atom is -0.469 e. The van der Waals surface area contributed by atoms with E-state index >= 15 is 0 Å². The molecule has 13 heteroatoms. The van der Waals surface area contributed by atoms with Gasteiger partial charge in [0.15, 0.2) is 13.9 Å². The third-order valence-corrected chi connectivity index (χ3v) is 12.9. The molecule has 4 N–H and O–H groups in total. The zero-order chi connectivity index (χ0) is 33.2. The van der Waals surface area contributed by atoms with Crippen LogP contribution in [0, 0.1) is 11.8 Å². The highest BCUT2D eigenvalue weighted by atomic mass is 28.4. The summed E-state index contributed by atoms with van der Waals surface area (Å²) in [6.45, 7) is 7.87. The molecule has 3 amide bonds. The van der Waals surface area contributed by atoms with Gasteiger partial charge in [-0.1, -0.05) is 6.92 Å². The van der Waals surface area contributed by atoms with E-state index in [1.807, 2.05) is 32.2 Å². The number of piperidine rings is 1. The van der Waals surface area contributed by atoms with Crippen LogP contribution < -0.4 is 15.5 Å². The van der Waals surface area contributed by atoms with E-state index in [-0.39, 0.29) is 55.1 Å². The number of likely N-dealkylation sites (tertiary alicyclic amines) is 1. The summed E-state index contributed by atoms with van der Waals surface area (Å²) in [6, 6.07) is 5.21. The fraction of sp³-hybridized carbons (Fsp3) is 0.697. The number of esters is 1. The number of carbonyl (C=O) groups excluding carboxylic acids is 4. The average molecular weight is 659 g/mol. The van der Waals surface area contributed by atoms with Gasteiger partial charge in [-0.3, -0.25) is 19.2 Å². The number of unbranched alkanes of at least 4 members (excludes halogenated alkanes) is 1. The van der Waals surface area contributed by atoms with Crippen molar-refractivity contribution < 1.29 is 38.6 Å². The molecule has 254 valence electrons. The van der Waals surface area contributed by atoms with Crippen molar-refractivity contribution in [2.24, 2.45) is 11.8 Å². The molecule has 4 aliphatic rings. The van der Waals surface area contributed by atoms with E-state index in [4.69, 9.17) is 9.47 Å². The van der Waals surface area contributed by atoms with Crippen LogP contribution in [-0.2, 0) is 34.3 Å². The van der Waals surface area contributed by atoms with Crippen LogP contribution in [0.5, 0.6) is 0 Å². The lowest BCUT2D eigenvalue weighted by atomic mass is 9.82. The van der Waals surface area contributed by atoms with Crippen molar-refractivity contribution in [1.82, 2.24) is 10.2 Å². The minimum absolute atomic E-state index is 0.00288. The highest BCUT2D eigenvalue weighted by Gasteiger charge is 2.66. The number of ether oxygens (including phenoxy) is 2. The lowest BCUT2D eigenvalue weighted by Gasteiger charge is -2.33. The average Bonchev–Trinajstić information content (AvgIpc) is 3.69. The Morgan fingerprint density at radius 2 is 1.98 bits per heavy atom. The smallest absolute Gasteiger partial charge is 0.305 e. The molecule has 1 unspecified atom stereocenters. The standard InChI is InChI=1S/C33H50N4O8Si/c1-21-30(46(3,4)43)27(18-28(39)36-16-8-10-24(36)20-38)45-33(21)25-17-23(35-31(41)22-9-7-14-34-19-22)12-13-26(25)37(32(33)42)15-6-5-11-29(40)44-2/h12-13,17,21-22,24,27,30,34,38,43H,5-11,14-16,18-20H2,1-4H3,(H,35,41)/t21-,22?,24+,27+,30-,33+/m1/s1. The van der Waals surface area contributed by atoms with Crippen LogP contribution in [-0.4, -0.2) is 98.9 Å². The summed E-state index contributed by atoms with van der Waals surface area (Å²) < 4.78 is 11.6. The molecule has 1 aromatic rings. The monoisotopic (exact) mass is 658 g/mol. The van der Waals surface area contributed by atoms with E-state index in [2.05, 4.69) is 10.6 Å². The van der Waals surface area contributed by atoms with E-state index in [0.717, 1.165) is 32.2 Å². The van der Waals surface area contributed by atoms with Crippen molar-refractivity contribution in [3.8, 4) is 0 Å². The molecule has 12 nitrogen and oxygen atoms in total. The largest absolute Gasteiger partial charge is 0.469 e. The van der Waals surface area contributed by atoms with Gasteiger partial charge in [-0.25, -0.2) is 0 Å². The first-order valence-electron chi connectivity index (χ1n) is 16.8. The number of aliphatic hydroxyl groups excluding tert-OH is 1. The molecule has 1 spiro atoms. The van der Waals surface area contributed by atoms with Crippen LogP contribution in [0.2, 0.25) is 18.6 Å². The van der Waals surface area contributed by atoms with Gasteiger partial charge in [0.05, 0.1) is 43.9 Å². The molecule has 3 fully saturated rings. The minimum atomic E-state index is -3.00. The molecule has 3 saturated heterocycles. The molecule has 0 aliphatic carbocycles. The zero-order valence-corrected chi connectivity index (χ0v) is 28.5. The van der Waals surface area contributed by atoms with E-state index in [9.17, 15) is 29.1 Å². The normalized spacial score (nSPS) is 29.3. The second-order valence-electron chi connectivity index (χ2n) is 13.9. The fourth-order valence-corrected chi connectivity index (χ4v) is 10.7. The quantitative estimate of drug-likeness (QED) is 0.159. The number of methoxy groups -OCH3 is 1. The molecule has 1 aromatic carbocycles. The molecule has 6 atom stereocenters. The van der Waals surface area contributed by atoms with Crippen molar-refractivity contribution in [1.29, 1.82) is 0 Å². The Balaban J connectivity index is 1.48. The summed E-state index contributed by atoms with van der Waals surface area (Å²) in [6.07, 6.45) is 3.90. The number of nitrogens with one attached hydrogen (secondary N) is 2. The van der Waals surface area contributed by atoms with Crippen LogP contribution >= 0.6 is 0 Å². The molecule has 0 saturated carbocycles. The number of anilines is 2. The maximum Gasteiger partial charge on any atom is 0.305 e. The van der Waals surface area contributed by atoms with Crippen LogP contribution in [0.3, 0.4) is 0 Å². The highest BCUT2D eigenvalue weighted by molar-refractivity contribution is 6.71. The van der Waals surface area contributed by atoms with Crippen molar-refractivity contribution in [2.75, 3.05) is 50.1 Å². The van der Waals surface area contributed by atoms with E-state index in [1.165, 1.54) is 7.11 Å². The number of hydrogen-bond donors (Lipinski definition) is 4. The first-order chi connectivity index (χ1) is 21.9. The summed E-state index contributed by atoms with van der Waals surface area (Å²) in [4.78, 5) is 68.1. The summed E-state index contributed by atoms with van der Waals surface area (Å²) in [7, 11) is -1.65. The maximum absolute atomic E-state index is 14.6. The second-order valence-corrected chi connectivity index (χ2v) is 17.9. The van der Waals surface area contributed by atoms with Gasteiger partial charge in [-0.15, -0.1) is 0 Å². The summed E-state index contributed by atoms with van der Waals surface area (Å²) >= 11 is 0. The summed E-state index contributed by atoms with van der Waals surface area (Å²) in [5.41, 5.74) is -0.0617. The third kappa shape index (κ3) is 6.62. The highest BCUT2D eigenvalue weighted by Crippen LogP contribution is 2.60. The van der Waals surface area contributed by atoms with Crippen LogP contribution in [0.15, 0.2) is 18.2 Å². The first-order valence-corrected chi connectivity index (χ1v) is 19.8. The van der Waals surface area contributed by atoms with Crippen molar-refractivity contribution in [2.45, 2.75) is 94.7 Å². The van der Waals surface area contributed by atoms with E-state index < -0.39 is 31.5 Å². The second kappa shape index (κ2) is 14.1. The van der Waals surface area contributed by atoms with Gasteiger partial charge in [-0.05, 0) is 76.4 Å². The Morgan fingerprint density at radius 3 is 2.65 bits per heavy atom. The summed E-state index contributed by atoms with van der Waals surface area (Å²) in [5.74, 6) is -1.43. The lowest BCUT2D eigenvalue weighted by molar-refractivity contribution is -0.150. The summed E-state index contributed by atoms with van der Waals surface area (Å²) in [5, 5.41) is 16.2. The predicted octanol–water partition coefficient (Wildman–Crippen LogP) is 2.49. The Labute approximate surface area is 272 Å². The molecule has 0 bridgehead atoms. The van der Waals surface area contributed by atoms with Crippen molar-refractivity contribution in [3.05, 3.63) is 23.8 Å². The Kier molecular flexibility index (Phi) is 10.6. The predicted molar refractivity (Wildman–Crippen MR) is 174 cm³/mol. The van der Waals surface area contributed by atoms with Gasteiger partial charge in [0.25, 0.3) is 5.91 Å². The fourth-order valence-electron chi connectivity index (χ4n) is 8.18. The molecule has 0 radical (unpaired) electrons. The first kappa shape index (κ1) is 34.5. The molecule has 46 heavy (non-hydrogen) atoms. The van der Waals surface area contributed by atoms with Crippen molar-refractivity contribution in [3.63, 3.8) is 0 Å². The molecule has 4 aliphatic heterocycles. The number of benzene rings is 1. The molecule has 4 heterocycles. The van der Waals surface area contributed by atoms with Gasteiger partial charge in [0.2, 0.25) is 11.8 Å². The Bertz CT molecular complexity index is 1310. The number of carbonyl (C=O) groups is 4. The number of rotatable bonds is 11. The third-order valence-electron chi connectivity index (χ3n) is 10.4. The Morgan fingerprint density at radius 1 is 1.20 bits per heavy atom. The van der Waals surface area contributed by atoms with E-state index in [1.54, 1.807) is 15.9 Å². The number of fused-ring (bicyclic) bond motifs is 2. The number of amides is 3.